The van der Waals surface area contributed by atoms with Crippen LogP contribution in [-0.2, 0) is 11.3 Å². The number of phenols is 1. The Morgan fingerprint density at radius 3 is 2.65 bits per heavy atom. The van der Waals surface area contributed by atoms with E-state index in [9.17, 15) is 9.90 Å². The Kier molecular flexibility index (Phi) is 5.76. The zero-order valence-corrected chi connectivity index (χ0v) is 19.2. The van der Waals surface area contributed by atoms with Crippen molar-refractivity contribution in [3.8, 4) is 22.9 Å². The van der Waals surface area contributed by atoms with Gasteiger partial charge in [0.2, 0.25) is 5.91 Å². The molecule has 0 saturated carbocycles. The monoisotopic (exact) mass is 454 g/mol. The zero-order chi connectivity index (χ0) is 23.7. The maximum atomic E-state index is 13.1. The molecule has 0 radical (unpaired) electrons. The molecule has 7 heteroatoms. The van der Waals surface area contributed by atoms with Crippen LogP contribution in [0.15, 0.2) is 66.7 Å². The fourth-order valence-electron chi connectivity index (χ4n) is 4.29. The van der Waals surface area contributed by atoms with Crippen LogP contribution < -0.4 is 9.64 Å². The minimum atomic E-state index is 0.0389. The number of carbonyl (C=O) groups is 1. The Bertz CT molecular complexity index is 1370. The fraction of sp³-hybridized carbons (Fsp3) is 0.222. The second kappa shape index (κ2) is 9.02. The minimum absolute atomic E-state index is 0.0389. The number of benzene rings is 3. The van der Waals surface area contributed by atoms with Crippen molar-refractivity contribution in [1.82, 2.24) is 14.9 Å². The Morgan fingerprint density at radius 1 is 1.00 bits per heavy atom. The summed E-state index contributed by atoms with van der Waals surface area (Å²) < 4.78 is 5.31. The number of para-hydroxylation sites is 1. The van der Waals surface area contributed by atoms with Crippen molar-refractivity contribution >= 4 is 22.6 Å². The first-order valence-electron chi connectivity index (χ1n) is 11.2. The second-order valence-electron chi connectivity index (χ2n) is 8.50. The first kappa shape index (κ1) is 21.7. The number of amides is 1. The van der Waals surface area contributed by atoms with Crippen molar-refractivity contribution in [3.63, 3.8) is 0 Å². The van der Waals surface area contributed by atoms with Gasteiger partial charge in [0.15, 0.2) is 5.82 Å². The molecule has 0 unspecified atom stereocenters. The van der Waals surface area contributed by atoms with Crippen LogP contribution in [-0.4, -0.2) is 52.6 Å². The quantitative estimate of drug-likeness (QED) is 0.488. The number of aryl methyl sites for hydroxylation is 1. The molecule has 1 fully saturated rings. The third-order valence-electron chi connectivity index (χ3n) is 6.10. The van der Waals surface area contributed by atoms with Crippen LogP contribution in [0.2, 0.25) is 0 Å². The summed E-state index contributed by atoms with van der Waals surface area (Å²) in [4.78, 5) is 26.5. The summed E-state index contributed by atoms with van der Waals surface area (Å²) in [6, 6.07) is 20.9. The van der Waals surface area contributed by atoms with E-state index in [2.05, 4.69) is 0 Å². The van der Waals surface area contributed by atoms with Gasteiger partial charge in [-0.05, 0) is 54.4 Å². The Labute approximate surface area is 198 Å². The molecule has 1 saturated heterocycles. The molecule has 3 aromatic carbocycles. The predicted octanol–water partition coefficient (Wildman–Crippen LogP) is 4.17. The summed E-state index contributed by atoms with van der Waals surface area (Å²) in [5.74, 6) is 2.09. The summed E-state index contributed by atoms with van der Waals surface area (Å²) in [6.45, 7) is 4.01. The molecule has 1 aromatic heterocycles. The number of hydrogen-bond donors (Lipinski definition) is 1. The highest BCUT2D eigenvalue weighted by molar-refractivity contribution is 5.94. The molecule has 1 aliphatic heterocycles. The first-order chi connectivity index (χ1) is 16.5. The molecular weight excluding hydrogens is 428 g/mol. The van der Waals surface area contributed by atoms with Gasteiger partial charge in [-0.1, -0.05) is 30.3 Å². The number of aromatic hydroxyl groups is 1. The molecule has 1 N–H and O–H groups in total. The van der Waals surface area contributed by atoms with Crippen LogP contribution in [0.5, 0.6) is 11.5 Å². The lowest BCUT2D eigenvalue weighted by Gasteiger charge is -2.35. The molecule has 0 bridgehead atoms. The van der Waals surface area contributed by atoms with Gasteiger partial charge < -0.3 is 19.6 Å². The highest BCUT2D eigenvalue weighted by atomic mass is 16.5. The molecule has 0 aliphatic carbocycles. The summed E-state index contributed by atoms with van der Waals surface area (Å²) >= 11 is 0. The van der Waals surface area contributed by atoms with Crippen LogP contribution in [0.1, 0.15) is 11.1 Å². The summed E-state index contributed by atoms with van der Waals surface area (Å²) in [5.41, 5.74) is 3.47. The number of rotatable bonds is 5. The molecule has 7 nitrogen and oxygen atoms in total. The SMILES string of the molecule is COc1cccc(CN2CCN(c3nc(-c4ccccc4O)nc4cc(C)ccc34)CC2=O)c1. The van der Waals surface area contributed by atoms with E-state index in [1.54, 1.807) is 25.3 Å². The predicted molar refractivity (Wildman–Crippen MR) is 132 cm³/mol. The number of anilines is 1. The van der Waals surface area contributed by atoms with Crippen LogP contribution >= 0.6 is 0 Å². The van der Waals surface area contributed by atoms with Crippen LogP contribution in [0, 0.1) is 6.92 Å². The highest BCUT2D eigenvalue weighted by Crippen LogP contribution is 2.32. The molecule has 1 aliphatic rings. The van der Waals surface area contributed by atoms with Gasteiger partial charge in [0.1, 0.15) is 17.3 Å². The van der Waals surface area contributed by atoms with E-state index in [1.807, 2.05) is 65.3 Å². The molecule has 1 amide bonds. The largest absolute Gasteiger partial charge is 0.507 e. The minimum Gasteiger partial charge on any atom is -0.507 e. The van der Waals surface area contributed by atoms with Crippen LogP contribution in [0.3, 0.4) is 0 Å². The van der Waals surface area contributed by atoms with E-state index >= 15 is 0 Å². The average molecular weight is 455 g/mol. The molecule has 34 heavy (non-hydrogen) atoms. The maximum Gasteiger partial charge on any atom is 0.242 e. The van der Waals surface area contributed by atoms with Crippen molar-refractivity contribution < 1.29 is 14.6 Å². The van der Waals surface area contributed by atoms with Gasteiger partial charge in [-0.25, -0.2) is 9.97 Å². The van der Waals surface area contributed by atoms with Crippen molar-refractivity contribution in [2.24, 2.45) is 0 Å². The van der Waals surface area contributed by atoms with Gasteiger partial charge in [0, 0.05) is 25.0 Å². The van der Waals surface area contributed by atoms with Crippen molar-refractivity contribution in [2.45, 2.75) is 13.5 Å². The highest BCUT2D eigenvalue weighted by Gasteiger charge is 2.27. The standard InChI is InChI=1S/C27H26N4O3/c1-18-10-11-21-23(14-18)28-26(22-8-3-4-9-24(22)32)29-27(21)31-13-12-30(25(33)17-31)16-19-6-5-7-20(15-19)34-2/h3-11,14-15,32H,12-13,16-17H2,1-2H3. The van der Waals surface area contributed by atoms with E-state index in [1.165, 1.54) is 0 Å². The topological polar surface area (TPSA) is 78.8 Å². The van der Waals surface area contributed by atoms with Crippen LogP contribution in [0.25, 0.3) is 22.3 Å². The number of hydrogen-bond acceptors (Lipinski definition) is 6. The van der Waals surface area contributed by atoms with Gasteiger partial charge in [0.25, 0.3) is 0 Å². The maximum absolute atomic E-state index is 13.1. The van der Waals surface area contributed by atoms with E-state index in [0.29, 0.717) is 36.8 Å². The normalized spacial score (nSPS) is 14.0. The van der Waals surface area contributed by atoms with Crippen LogP contribution in [0.4, 0.5) is 5.82 Å². The average Bonchev–Trinajstić information content (AvgIpc) is 2.85. The van der Waals surface area contributed by atoms with Gasteiger partial charge in [0.05, 0.1) is 24.7 Å². The van der Waals surface area contributed by atoms with E-state index in [-0.39, 0.29) is 18.2 Å². The number of piperazine rings is 1. The summed E-state index contributed by atoms with van der Waals surface area (Å²) in [6.07, 6.45) is 0. The summed E-state index contributed by atoms with van der Waals surface area (Å²) in [7, 11) is 1.64. The van der Waals surface area contributed by atoms with Gasteiger partial charge >= 0.3 is 0 Å². The Morgan fingerprint density at radius 2 is 1.85 bits per heavy atom. The Hall–Kier alpha value is -4.13. The lowest BCUT2D eigenvalue weighted by molar-refractivity contribution is -0.131. The number of nitrogens with zero attached hydrogens (tertiary/aromatic N) is 4. The van der Waals surface area contributed by atoms with Crippen molar-refractivity contribution in [3.05, 3.63) is 77.9 Å². The summed E-state index contributed by atoms with van der Waals surface area (Å²) in [5, 5.41) is 11.3. The lowest BCUT2D eigenvalue weighted by atomic mass is 10.1. The fourth-order valence-corrected chi connectivity index (χ4v) is 4.29. The second-order valence-corrected chi connectivity index (χ2v) is 8.50. The third-order valence-corrected chi connectivity index (χ3v) is 6.10. The molecular formula is C27H26N4O3. The van der Waals surface area contributed by atoms with E-state index in [4.69, 9.17) is 14.7 Å². The number of methoxy groups -OCH3 is 1. The van der Waals surface area contributed by atoms with Gasteiger partial charge in [-0.15, -0.1) is 0 Å². The Balaban J connectivity index is 1.46. The van der Waals surface area contributed by atoms with Gasteiger partial charge in [-0.3, -0.25) is 4.79 Å². The number of carbonyl (C=O) groups excluding carboxylic acids is 1. The van der Waals surface area contributed by atoms with Gasteiger partial charge in [-0.2, -0.15) is 0 Å². The van der Waals surface area contributed by atoms with Crippen molar-refractivity contribution in [2.75, 3.05) is 31.6 Å². The molecule has 0 spiro atoms. The molecule has 2 heterocycles. The number of aromatic nitrogens is 2. The van der Waals surface area contributed by atoms with E-state index in [0.717, 1.165) is 27.8 Å². The third kappa shape index (κ3) is 4.24. The molecule has 4 aromatic rings. The number of fused-ring (bicyclic) bond motifs is 1. The molecule has 5 rings (SSSR count). The molecule has 172 valence electrons. The van der Waals surface area contributed by atoms with Crippen molar-refractivity contribution in [1.29, 1.82) is 0 Å². The van der Waals surface area contributed by atoms with E-state index < -0.39 is 0 Å². The smallest absolute Gasteiger partial charge is 0.242 e. The zero-order valence-electron chi connectivity index (χ0n) is 19.2. The lowest BCUT2D eigenvalue weighted by Crippen LogP contribution is -2.50. The molecule has 0 atom stereocenters. The first-order valence-corrected chi connectivity index (χ1v) is 11.2. The number of phenolic OH excluding ortho intramolecular Hbond substituents is 1. The number of ether oxygens (including phenoxy) is 1.